The van der Waals surface area contributed by atoms with Crippen LogP contribution in [0.4, 0.5) is 0 Å². The molecule has 2 aromatic carbocycles. The van der Waals surface area contributed by atoms with E-state index >= 15 is 0 Å². The molecule has 0 aliphatic rings. The van der Waals surface area contributed by atoms with Gasteiger partial charge in [0.25, 0.3) is 15.9 Å². The van der Waals surface area contributed by atoms with Crippen LogP contribution in [0.25, 0.3) is 0 Å². The van der Waals surface area contributed by atoms with E-state index in [0.717, 1.165) is 16.5 Å². The first-order chi connectivity index (χ1) is 13.1. The molecular weight excluding hydrogens is 376 g/mol. The molecule has 0 aromatic heterocycles. The molecule has 0 heterocycles. The van der Waals surface area contributed by atoms with Crippen LogP contribution in [0, 0.1) is 5.92 Å². The highest BCUT2D eigenvalue weighted by molar-refractivity contribution is 7.89. The second-order valence-corrected chi connectivity index (χ2v) is 9.10. The average molecular weight is 405 g/mol. The Morgan fingerprint density at radius 3 is 2.32 bits per heavy atom. The van der Waals surface area contributed by atoms with Gasteiger partial charge in [0.05, 0.1) is 18.0 Å². The van der Waals surface area contributed by atoms with Gasteiger partial charge < -0.3 is 5.32 Å². The molecule has 0 aliphatic carbocycles. The molecule has 0 aliphatic heterocycles. The van der Waals surface area contributed by atoms with Crippen LogP contribution in [0.3, 0.4) is 0 Å². The van der Waals surface area contributed by atoms with E-state index < -0.39 is 10.0 Å². The third-order valence-corrected chi connectivity index (χ3v) is 6.14. The van der Waals surface area contributed by atoms with E-state index in [0.29, 0.717) is 5.92 Å². The molecule has 0 bridgehead atoms. The Labute approximate surface area is 167 Å². The SMILES string of the molecule is CON(C)S(=O)(=O)c1cccc(C(=O)N[C@@H](C)c2ccc(CC(C)C)cc2)c1. The molecule has 6 nitrogen and oxygen atoms in total. The Morgan fingerprint density at radius 1 is 1.11 bits per heavy atom. The van der Waals surface area contributed by atoms with Crippen molar-refractivity contribution in [2.24, 2.45) is 5.92 Å². The lowest BCUT2D eigenvalue weighted by molar-refractivity contribution is -0.0258. The van der Waals surface area contributed by atoms with E-state index in [2.05, 4.69) is 31.3 Å². The zero-order valence-corrected chi connectivity index (χ0v) is 17.8. The van der Waals surface area contributed by atoms with Gasteiger partial charge in [-0.2, -0.15) is 0 Å². The predicted octanol–water partition coefficient (Wildman–Crippen LogP) is 3.56. The molecule has 1 atom stereocenters. The van der Waals surface area contributed by atoms with Crippen molar-refractivity contribution in [1.82, 2.24) is 9.79 Å². The minimum absolute atomic E-state index is 0.00445. The summed E-state index contributed by atoms with van der Waals surface area (Å²) < 4.78 is 25.5. The summed E-state index contributed by atoms with van der Waals surface area (Å²) in [5.74, 6) is 0.250. The number of sulfonamides is 1. The lowest BCUT2D eigenvalue weighted by Gasteiger charge is -2.17. The van der Waals surface area contributed by atoms with E-state index in [4.69, 9.17) is 4.84 Å². The molecular formula is C21H28N2O4S. The molecule has 0 saturated heterocycles. The zero-order chi connectivity index (χ0) is 20.9. The average Bonchev–Trinajstić information content (AvgIpc) is 2.67. The minimum atomic E-state index is -3.81. The summed E-state index contributed by atoms with van der Waals surface area (Å²) in [5.41, 5.74) is 2.52. The predicted molar refractivity (Wildman–Crippen MR) is 109 cm³/mol. The van der Waals surface area contributed by atoms with Gasteiger partial charge in [0.1, 0.15) is 0 Å². The number of amides is 1. The van der Waals surface area contributed by atoms with Crippen LogP contribution in [0.15, 0.2) is 53.4 Å². The number of hydrogen-bond acceptors (Lipinski definition) is 4. The van der Waals surface area contributed by atoms with E-state index in [1.807, 2.05) is 19.1 Å². The Balaban J connectivity index is 2.13. The van der Waals surface area contributed by atoms with E-state index in [1.165, 1.54) is 37.9 Å². The molecule has 28 heavy (non-hydrogen) atoms. The van der Waals surface area contributed by atoms with Gasteiger partial charge >= 0.3 is 0 Å². The van der Waals surface area contributed by atoms with Gasteiger partial charge in [-0.15, -0.1) is 0 Å². The van der Waals surface area contributed by atoms with Crippen molar-refractivity contribution in [3.8, 4) is 0 Å². The molecule has 0 radical (unpaired) electrons. The topological polar surface area (TPSA) is 75.7 Å². The standard InChI is InChI=1S/C21H28N2O4S/c1-15(2)13-17-9-11-18(12-10-17)16(3)22-21(24)19-7-6-8-20(14-19)28(25,26)23(4)27-5/h6-12,14-16H,13H2,1-5H3,(H,22,24)/t16-/m0/s1. The first-order valence-corrected chi connectivity index (χ1v) is 10.6. The van der Waals surface area contributed by atoms with Crippen LogP contribution in [0.2, 0.25) is 0 Å². The Morgan fingerprint density at radius 2 is 1.75 bits per heavy atom. The highest BCUT2D eigenvalue weighted by atomic mass is 32.2. The number of rotatable bonds is 8. The number of nitrogens with zero attached hydrogens (tertiary/aromatic N) is 1. The van der Waals surface area contributed by atoms with Gasteiger partial charge in [0.2, 0.25) is 0 Å². The molecule has 0 unspecified atom stereocenters. The van der Waals surface area contributed by atoms with Gasteiger partial charge in [-0.25, -0.2) is 8.42 Å². The summed E-state index contributed by atoms with van der Waals surface area (Å²) in [6, 6.07) is 13.9. The smallest absolute Gasteiger partial charge is 0.264 e. The third-order valence-electron chi connectivity index (χ3n) is 4.46. The maximum atomic E-state index is 12.6. The van der Waals surface area contributed by atoms with Gasteiger partial charge in [-0.3, -0.25) is 9.63 Å². The normalized spacial score (nSPS) is 13.0. The molecule has 0 saturated carbocycles. The fraction of sp³-hybridized carbons (Fsp3) is 0.381. The van der Waals surface area contributed by atoms with Gasteiger partial charge in [-0.1, -0.05) is 48.6 Å². The van der Waals surface area contributed by atoms with Crippen LogP contribution in [0.5, 0.6) is 0 Å². The number of nitrogens with one attached hydrogen (secondary N) is 1. The molecule has 152 valence electrons. The second kappa shape index (κ2) is 9.32. The Kier molecular flexibility index (Phi) is 7.35. The summed E-state index contributed by atoms with van der Waals surface area (Å²) >= 11 is 0. The van der Waals surface area contributed by atoms with E-state index in [-0.39, 0.29) is 22.4 Å². The van der Waals surface area contributed by atoms with Crippen molar-refractivity contribution in [2.45, 2.75) is 38.1 Å². The third kappa shape index (κ3) is 5.41. The van der Waals surface area contributed by atoms with Crippen LogP contribution in [-0.2, 0) is 21.3 Å². The largest absolute Gasteiger partial charge is 0.346 e. The van der Waals surface area contributed by atoms with Crippen LogP contribution >= 0.6 is 0 Å². The van der Waals surface area contributed by atoms with Crippen molar-refractivity contribution < 1.29 is 18.0 Å². The summed E-state index contributed by atoms with van der Waals surface area (Å²) in [6.07, 6.45) is 1.01. The molecule has 7 heteroatoms. The summed E-state index contributed by atoms with van der Waals surface area (Å²) in [6.45, 7) is 6.25. The fourth-order valence-electron chi connectivity index (χ4n) is 2.82. The maximum absolute atomic E-state index is 12.6. The Bertz CT molecular complexity index is 908. The molecule has 2 aromatic rings. The van der Waals surface area contributed by atoms with E-state index in [1.54, 1.807) is 6.07 Å². The lowest BCUT2D eigenvalue weighted by atomic mass is 10.00. The molecule has 1 N–H and O–H groups in total. The molecule has 0 spiro atoms. The van der Waals surface area contributed by atoms with Crippen molar-refractivity contribution >= 4 is 15.9 Å². The Hall–Kier alpha value is -2.22. The number of carbonyl (C=O) groups excluding carboxylic acids is 1. The highest BCUT2D eigenvalue weighted by Crippen LogP contribution is 2.19. The summed E-state index contributed by atoms with van der Waals surface area (Å²) in [5, 5.41) is 2.92. The van der Waals surface area contributed by atoms with Crippen molar-refractivity contribution in [3.05, 3.63) is 65.2 Å². The molecule has 1 amide bonds. The van der Waals surface area contributed by atoms with Crippen molar-refractivity contribution in [1.29, 1.82) is 0 Å². The number of benzene rings is 2. The monoisotopic (exact) mass is 404 g/mol. The first kappa shape index (κ1) is 22.1. The van der Waals surface area contributed by atoms with E-state index in [9.17, 15) is 13.2 Å². The summed E-state index contributed by atoms with van der Waals surface area (Å²) in [7, 11) is -1.24. The lowest BCUT2D eigenvalue weighted by Crippen LogP contribution is -2.28. The zero-order valence-electron chi connectivity index (χ0n) is 17.0. The van der Waals surface area contributed by atoms with Gasteiger partial charge in [0.15, 0.2) is 0 Å². The van der Waals surface area contributed by atoms with Crippen LogP contribution in [0.1, 0.15) is 48.3 Å². The van der Waals surface area contributed by atoms with Gasteiger partial charge in [0, 0.05) is 12.6 Å². The first-order valence-electron chi connectivity index (χ1n) is 9.18. The van der Waals surface area contributed by atoms with Gasteiger partial charge in [-0.05, 0) is 48.6 Å². The van der Waals surface area contributed by atoms with Crippen LogP contribution in [-0.4, -0.2) is 33.0 Å². The quantitative estimate of drug-likeness (QED) is 0.683. The second-order valence-electron chi connectivity index (χ2n) is 7.16. The minimum Gasteiger partial charge on any atom is -0.346 e. The fourth-order valence-corrected chi connectivity index (χ4v) is 3.84. The summed E-state index contributed by atoms with van der Waals surface area (Å²) in [4.78, 5) is 17.4. The highest BCUT2D eigenvalue weighted by Gasteiger charge is 2.22. The molecule has 0 fully saturated rings. The van der Waals surface area contributed by atoms with Crippen molar-refractivity contribution in [2.75, 3.05) is 14.2 Å². The molecule has 2 rings (SSSR count). The van der Waals surface area contributed by atoms with Crippen molar-refractivity contribution in [3.63, 3.8) is 0 Å². The number of hydrogen-bond donors (Lipinski definition) is 1. The maximum Gasteiger partial charge on any atom is 0.264 e. The number of carbonyl (C=O) groups is 1. The number of hydroxylamine groups is 1. The van der Waals surface area contributed by atoms with Crippen LogP contribution < -0.4 is 5.32 Å².